The number of carbonyl (C=O) groups excluding carboxylic acids is 1. The topological polar surface area (TPSA) is 110 Å². The smallest absolute Gasteiger partial charge is 0.312 e. The number of rotatable bonds is 8. The molecule has 1 aliphatic heterocycles. The van der Waals surface area contributed by atoms with E-state index in [1.807, 2.05) is 58.4 Å². The van der Waals surface area contributed by atoms with Crippen LogP contribution in [0, 0.1) is 19.3 Å². The Labute approximate surface area is 252 Å². The van der Waals surface area contributed by atoms with E-state index in [0.29, 0.717) is 30.3 Å². The highest BCUT2D eigenvalue weighted by molar-refractivity contribution is 8.22. The fourth-order valence-electron chi connectivity index (χ4n) is 5.87. The molecule has 2 N–H and O–H groups in total. The van der Waals surface area contributed by atoms with Crippen LogP contribution in [0.3, 0.4) is 0 Å². The predicted molar refractivity (Wildman–Crippen MR) is 167 cm³/mol. The molecule has 0 saturated heterocycles. The van der Waals surface area contributed by atoms with E-state index in [1.54, 1.807) is 33.8 Å². The van der Waals surface area contributed by atoms with Gasteiger partial charge in [-0.15, -0.1) is 27.2 Å². The van der Waals surface area contributed by atoms with Crippen LogP contribution in [0.5, 0.6) is 5.75 Å². The Balaban J connectivity index is 1.59. The summed E-state index contributed by atoms with van der Waals surface area (Å²) in [5.41, 5.74) is 3.82. The maximum Gasteiger partial charge on any atom is 0.312 e. The van der Waals surface area contributed by atoms with E-state index in [4.69, 9.17) is 9.47 Å². The number of benzene rings is 2. The summed E-state index contributed by atoms with van der Waals surface area (Å²) < 4.78 is 38.1. The quantitative estimate of drug-likeness (QED) is 0.202. The van der Waals surface area contributed by atoms with Gasteiger partial charge in [-0.3, -0.25) is 13.9 Å². The van der Waals surface area contributed by atoms with Gasteiger partial charge in [-0.05, 0) is 82.0 Å². The molecular weight excluding hydrogens is 572 g/mol. The lowest BCUT2D eigenvalue weighted by Crippen LogP contribution is -2.34. The molecule has 0 amide bonds. The van der Waals surface area contributed by atoms with Crippen molar-refractivity contribution in [2.45, 2.75) is 78.0 Å². The van der Waals surface area contributed by atoms with Crippen molar-refractivity contribution in [2.75, 3.05) is 13.7 Å². The van der Waals surface area contributed by atoms with Gasteiger partial charge in [0, 0.05) is 28.8 Å². The standard InChI is InChI=1S/C31H40N4O5S2/c1-8-22-18-34(42(37,38)27-13-11-10-12-25(27)40-22)17-21-16-26(41-20(21)4)28(31(5,6)30(36)39-7)23-14-15-24-29(19(23)3)32-33-35(24)9-2/h10-16,22,28,37-38H,8-9,17-18H2,1-7H3. The lowest BCUT2D eigenvalue weighted by molar-refractivity contribution is -0.151. The van der Waals surface area contributed by atoms with Crippen LogP contribution in [0.1, 0.15) is 66.5 Å². The Morgan fingerprint density at radius 3 is 2.64 bits per heavy atom. The number of hydrogen-bond donors (Lipinski definition) is 2. The van der Waals surface area contributed by atoms with Gasteiger partial charge in [0.05, 0.1) is 24.6 Å². The summed E-state index contributed by atoms with van der Waals surface area (Å²) in [4.78, 5) is 15.7. The molecule has 11 heteroatoms. The molecule has 2 aromatic heterocycles. The van der Waals surface area contributed by atoms with Crippen molar-refractivity contribution in [1.29, 1.82) is 0 Å². The normalized spacial score (nSPS) is 18.6. The van der Waals surface area contributed by atoms with E-state index in [9.17, 15) is 13.9 Å². The lowest BCUT2D eigenvalue weighted by Gasteiger charge is -2.41. The first kappa shape index (κ1) is 30.5. The van der Waals surface area contributed by atoms with E-state index in [-0.39, 0.29) is 18.0 Å². The third kappa shape index (κ3) is 5.22. The van der Waals surface area contributed by atoms with E-state index >= 15 is 0 Å². The van der Waals surface area contributed by atoms with E-state index < -0.39 is 16.2 Å². The van der Waals surface area contributed by atoms with Crippen LogP contribution in [-0.2, 0) is 22.6 Å². The molecule has 2 unspecified atom stereocenters. The fourth-order valence-corrected chi connectivity index (χ4v) is 8.84. The Hall–Kier alpha value is -2.96. The summed E-state index contributed by atoms with van der Waals surface area (Å²) in [6.45, 7) is 13.4. The molecule has 3 heterocycles. The molecule has 0 bridgehead atoms. The van der Waals surface area contributed by atoms with Gasteiger partial charge in [-0.2, -0.15) is 4.31 Å². The second-order valence-corrected chi connectivity index (χ2v) is 14.6. The van der Waals surface area contributed by atoms with Crippen LogP contribution in [-0.4, -0.2) is 54.1 Å². The fraction of sp³-hybridized carbons (Fsp3) is 0.452. The summed E-state index contributed by atoms with van der Waals surface area (Å²) >= 11 is 1.62. The van der Waals surface area contributed by atoms with E-state index in [0.717, 1.165) is 43.9 Å². The van der Waals surface area contributed by atoms with Crippen LogP contribution in [0.4, 0.5) is 0 Å². The van der Waals surface area contributed by atoms with E-state index in [1.165, 1.54) is 7.11 Å². The number of carbonyl (C=O) groups is 1. The molecule has 4 aromatic rings. The summed E-state index contributed by atoms with van der Waals surface area (Å²) in [6, 6.07) is 13.4. The summed E-state index contributed by atoms with van der Waals surface area (Å²) in [7, 11) is -1.88. The van der Waals surface area contributed by atoms with Crippen LogP contribution in [0.15, 0.2) is 47.4 Å². The maximum absolute atomic E-state index is 13.2. The minimum Gasteiger partial charge on any atom is -0.487 e. The van der Waals surface area contributed by atoms with Crippen molar-refractivity contribution < 1.29 is 23.4 Å². The Bertz CT molecular complexity index is 1610. The van der Waals surface area contributed by atoms with Gasteiger partial charge in [0.25, 0.3) is 0 Å². The monoisotopic (exact) mass is 612 g/mol. The summed E-state index contributed by atoms with van der Waals surface area (Å²) in [5, 5.41) is 8.77. The first-order valence-corrected chi connectivity index (χ1v) is 16.5. The zero-order valence-corrected chi connectivity index (χ0v) is 26.9. The van der Waals surface area contributed by atoms with Crippen LogP contribution in [0.25, 0.3) is 11.0 Å². The summed E-state index contributed by atoms with van der Waals surface area (Å²) in [6.07, 6.45) is 0.545. The number of hydrogen-bond acceptors (Lipinski definition) is 9. The molecule has 0 radical (unpaired) electrons. The third-order valence-corrected chi connectivity index (χ3v) is 11.4. The number of fused-ring (bicyclic) bond motifs is 2. The van der Waals surface area contributed by atoms with Gasteiger partial charge in [0.15, 0.2) is 0 Å². The number of methoxy groups -OCH3 is 1. The van der Waals surface area contributed by atoms with Crippen LogP contribution >= 0.6 is 22.1 Å². The highest BCUT2D eigenvalue weighted by Gasteiger charge is 2.42. The average molecular weight is 613 g/mol. The number of aryl methyl sites for hydroxylation is 3. The van der Waals surface area contributed by atoms with Gasteiger partial charge in [-0.25, -0.2) is 4.68 Å². The average Bonchev–Trinajstić information content (AvgIpc) is 3.53. The first-order chi connectivity index (χ1) is 19.9. The van der Waals surface area contributed by atoms with Crippen molar-refractivity contribution in [1.82, 2.24) is 19.3 Å². The van der Waals surface area contributed by atoms with Gasteiger partial charge >= 0.3 is 5.97 Å². The minimum absolute atomic E-state index is 0.185. The van der Waals surface area contributed by atoms with Crippen molar-refractivity contribution in [2.24, 2.45) is 5.41 Å². The van der Waals surface area contributed by atoms with Gasteiger partial charge in [0.1, 0.15) is 22.3 Å². The lowest BCUT2D eigenvalue weighted by atomic mass is 9.72. The molecule has 0 spiro atoms. The molecule has 2 aromatic carbocycles. The molecule has 0 aliphatic carbocycles. The number of esters is 1. The molecular formula is C31H40N4O5S2. The van der Waals surface area contributed by atoms with Gasteiger partial charge in [-0.1, -0.05) is 30.3 Å². The Morgan fingerprint density at radius 2 is 1.95 bits per heavy atom. The van der Waals surface area contributed by atoms with Crippen molar-refractivity contribution in [3.8, 4) is 5.75 Å². The molecule has 2 atom stereocenters. The molecule has 0 saturated carbocycles. The Kier molecular flexibility index (Phi) is 8.43. The van der Waals surface area contributed by atoms with E-state index in [2.05, 4.69) is 22.4 Å². The van der Waals surface area contributed by atoms with Crippen LogP contribution < -0.4 is 4.74 Å². The minimum atomic E-state index is -3.30. The SMILES string of the molecule is CCC1CN(Cc2cc(C(c3ccc4c(nnn4CC)c3C)C(C)(C)C(=O)OC)sc2C)S(O)(O)c2ccccc2O1. The number of nitrogens with zero attached hydrogens (tertiary/aromatic N) is 4. The third-order valence-electron chi connectivity index (χ3n) is 8.36. The molecule has 226 valence electrons. The van der Waals surface area contributed by atoms with Gasteiger partial charge in [0.2, 0.25) is 0 Å². The zero-order chi connectivity index (χ0) is 30.4. The second kappa shape index (κ2) is 11.6. The van der Waals surface area contributed by atoms with Crippen molar-refractivity contribution >= 4 is 39.1 Å². The number of para-hydroxylation sites is 1. The second-order valence-electron chi connectivity index (χ2n) is 11.4. The Morgan fingerprint density at radius 1 is 1.21 bits per heavy atom. The van der Waals surface area contributed by atoms with Crippen molar-refractivity contribution in [3.63, 3.8) is 0 Å². The molecule has 1 aliphatic rings. The maximum atomic E-state index is 13.2. The molecule has 0 fully saturated rings. The highest BCUT2D eigenvalue weighted by atomic mass is 32.3. The first-order valence-electron chi connectivity index (χ1n) is 14.2. The number of thiophene rings is 1. The van der Waals surface area contributed by atoms with Crippen LogP contribution in [0.2, 0.25) is 0 Å². The number of aromatic nitrogens is 3. The zero-order valence-electron chi connectivity index (χ0n) is 25.2. The highest BCUT2D eigenvalue weighted by Crippen LogP contribution is 2.58. The summed E-state index contributed by atoms with van der Waals surface area (Å²) in [5.74, 6) is -0.117. The molecule has 9 nitrogen and oxygen atoms in total. The van der Waals surface area contributed by atoms with Crippen molar-refractivity contribution in [3.05, 3.63) is 68.9 Å². The largest absolute Gasteiger partial charge is 0.487 e. The number of ether oxygens (including phenoxy) is 2. The van der Waals surface area contributed by atoms with Gasteiger partial charge < -0.3 is 9.47 Å². The predicted octanol–water partition coefficient (Wildman–Crippen LogP) is 7.16. The molecule has 42 heavy (non-hydrogen) atoms. The molecule has 5 rings (SSSR count).